The average molecular weight is 237 g/mol. The van der Waals surface area contributed by atoms with E-state index in [-0.39, 0.29) is 5.92 Å². The number of hydrogen-bond acceptors (Lipinski definition) is 3. The lowest BCUT2D eigenvalue weighted by Crippen LogP contribution is -2.35. The standard InChI is InChI=1S/C12H19N3S/c1-9(12(13)14)7-15(10-4-5-10)8-11-3-2-6-16-11/h2-3,6,9-10H,4-5,7-8H2,1H3,(H3,13,14). The van der Waals surface area contributed by atoms with Crippen LogP contribution in [0.4, 0.5) is 0 Å². The molecule has 1 aliphatic rings. The normalized spacial score (nSPS) is 17.6. The van der Waals surface area contributed by atoms with E-state index in [1.165, 1.54) is 17.7 Å². The second-order valence-electron chi connectivity index (χ2n) is 4.60. The van der Waals surface area contributed by atoms with Crippen LogP contribution in [0.5, 0.6) is 0 Å². The minimum Gasteiger partial charge on any atom is -0.387 e. The van der Waals surface area contributed by atoms with E-state index in [0.717, 1.165) is 19.1 Å². The molecule has 1 heterocycles. The molecule has 0 aliphatic heterocycles. The van der Waals surface area contributed by atoms with Gasteiger partial charge in [-0.15, -0.1) is 11.3 Å². The van der Waals surface area contributed by atoms with E-state index in [1.807, 2.05) is 6.92 Å². The zero-order chi connectivity index (χ0) is 11.5. The number of thiophene rings is 1. The summed E-state index contributed by atoms with van der Waals surface area (Å²) in [5.74, 6) is 0.470. The van der Waals surface area contributed by atoms with Gasteiger partial charge in [-0.2, -0.15) is 0 Å². The van der Waals surface area contributed by atoms with E-state index >= 15 is 0 Å². The number of amidine groups is 1. The quantitative estimate of drug-likeness (QED) is 0.589. The molecule has 0 bridgehead atoms. The highest BCUT2D eigenvalue weighted by Gasteiger charge is 2.30. The fraction of sp³-hybridized carbons (Fsp3) is 0.583. The van der Waals surface area contributed by atoms with Crippen molar-refractivity contribution in [3.8, 4) is 0 Å². The van der Waals surface area contributed by atoms with Crippen LogP contribution in [-0.2, 0) is 6.54 Å². The molecule has 0 spiro atoms. The maximum atomic E-state index is 7.46. The Bertz CT molecular complexity index is 343. The van der Waals surface area contributed by atoms with Gasteiger partial charge in [0.25, 0.3) is 0 Å². The van der Waals surface area contributed by atoms with Crippen LogP contribution < -0.4 is 5.73 Å². The van der Waals surface area contributed by atoms with Crippen molar-refractivity contribution in [2.45, 2.75) is 32.4 Å². The third-order valence-electron chi connectivity index (χ3n) is 3.04. The number of hydrogen-bond donors (Lipinski definition) is 2. The maximum absolute atomic E-state index is 7.46. The number of rotatable bonds is 6. The Morgan fingerprint density at radius 2 is 2.44 bits per heavy atom. The molecule has 88 valence electrons. The third-order valence-corrected chi connectivity index (χ3v) is 3.90. The molecule has 16 heavy (non-hydrogen) atoms. The molecule has 4 heteroatoms. The highest BCUT2D eigenvalue weighted by Crippen LogP contribution is 2.29. The van der Waals surface area contributed by atoms with Gasteiger partial charge in [0, 0.05) is 29.9 Å². The van der Waals surface area contributed by atoms with Crippen molar-refractivity contribution in [2.24, 2.45) is 11.7 Å². The lowest BCUT2D eigenvalue weighted by atomic mass is 10.1. The molecule has 1 fully saturated rings. The van der Waals surface area contributed by atoms with Crippen molar-refractivity contribution in [3.63, 3.8) is 0 Å². The molecule has 0 saturated heterocycles. The maximum Gasteiger partial charge on any atom is 0.0947 e. The van der Waals surface area contributed by atoms with Crippen molar-refractivity contribution in [1.29, 1.82) is 5.41 Å². The molecular weight excluding hydrogens is 218 g/mol. The van der Waals surface area contributed by atoms with E-state index in [9.17, 15) is 0 Å². The van der Waals surface area contributed by atoms with Crippen molar-refractivity contribution >= 4 is 17.2 Å². The number of nitrogens with two attached hydrogens (primary N) is 1. The van der Waals surface area contributed by atoms with Gasteiger partial charge in [-0.05, 0) is 24.3 Å². The zero-order valence-electron chi connectivity index (χ0n) is 9.65. The first-order valence-electron chi connectivity index (χ1n) is 5.77. The minimum absolute atomic E-state index is 0.167. The third kappa shape index (κ3) is 3.06. The van der Waals surface area contributed by atoms with Gasteiger partial charge in [-0.3, -0.25) is 10.3 Å². The van der Waals surface area contributed by atoms with Crippen LogP contribution >= 0.6 is 11.3 Å². The molecule has 1 aliphatic carbocycles. The van der Waals surface area contributed by atoms with E-state index in [2.05, 4.69) is 22.4 Å². The van der Waals surface area contributed by atoms with Gasteiger partial charge in [-0.25, -0.2) is 0 Å². The molecule has 1 unspecified atom stereocenters. The highest BCUT2D eigenvalue weighted by molar-refractivity contribution is 7.09. The summed E-state index contributed by atoms with van der Waals surface area (Å²) < 4.78 is 0. The summed E-state index contributed by atoms with van der Waals surface area (Å²) >= 11 is 1.81. The first-order chi connectivity index (χ1) is 7.66. The fourth-order valence-electron chi connectivity index (χ4n) is 1.84. The molecule has 0 radical (unpaired) electrons. The van der Waals surface area contributed by atoms with E-state index in [1.54, 1.807) is 11.3 Å². The van der Waals surface area contributed by atoms with Gasteiger partial charge in [0.05, 0.1) is 5.84 Å². The van der Waals surface area contributed by atoms with Gasteiger partial charge in [0.2, 0.25) is 0 Å². The minimum atomic E-state index is 0.167. The lowest BCUT2D eigenvalue weighted by Gasteiger charge is -2.24. The molecule has 3 nitrogen and oxygen atoms in total. The zero-order valence-corrected chi connectivity index (χ0v) is 10.5. The summed E-state index contributed by atoms with van der Waals surface area (Å²) in [6.45, 7) is 3.96. The second-order valence-corrected chi connectivity index (χ2v) is 5.63. The topological polar surface area (TPSA) is 53.1 Å². The summed E-state index contributed by atoms with van der Waals surface area (Å²) in [6, 6.07) is 5.00. The van der Waals surface area contributed by atoms with Crippen molar-refractivity contribution in [3.05, 3.63) is 22.4 Å². The van der Waals surface area contributed by atoms with Crippen LogP contribution in [-0.4, -0.2) is 23.3 Å². The molecule has 0 amide bonds. The fourth-order valence-corrected chi connectivity index (χ4v) is 2.56. The van der Waals surface area contributed by atoms with Crippen LogP contribution in [0.2, 0.25) is 0 Å². The Labute approximate surface area is 101 Å². The van der Waals surface area contributed by atoms with Gasteiger partial charge in [-0.1, -0.05) is 13.0 Å². The Kier molecular flexibility index (Phi) is 3.61. The van der Waals surface area contributed by atoms with Crippen molar-refractivity contribution < 1.29 is 0 Å². The summed E-state index contributed by atoms with van der Waals surface area (Å²) in [5.41, 5.74) is 5.54. The second kappa shape index (κ2) is 4.97. The molecular formula is C12H19N3S. The smallest absolute Gasteiger partial charge is 0.0947 e. The summed E-state index contributed by atoms with van der Waals surface area (Å²) in [5, 5.41) is 9.58. The van der Waals surface area contributed by atoms with Crippen LogP contribution in [0.3, 0.4) is 0 Å². The van der Waals surface area contributed by atoms with Gasteiger partial charge < -0.3 is 5.73 Å². The largest absolute Gasteiger partial charge is 0.387 e. The van der Waals surface area contributed by atoms with E-state index in [0.29, 0.717) is 5.84 Å². The Balaban J connectivity index is 1.92. The van der Waals surface area contributed by atoms with Gasteiger partial charge in [0.15, 0.2) is 0 Å². The molecule has 3 N–H and O–H groups in total. The first kappa shape index (κ1) is 11.6. The summed E-state index contributed by atoms with van der Waals surface area (Å²) in [7, 11) is 0. The highest BCUT2D eigenvalue weighted by atomic mass is 32.1. The summed E-state index contributed by atoms with van der Waals surface area (Å²) in [4.78, 5) is 3.88. The first-order valence-corrected chi connectivity index (χ1v) is 6.65. The molecule has 1 saturated carbocycles. The molecule has 2 rings (SSSR count). The van der Waals surface area contributed by atoms with Crippen LogP contribution in [0.25, 0.3) is 0 Å². The molecule has 1 atom stereocenters. The SMILES string of the molecule is CC(CN(Cc1cccs1)C1CC1)C(=N)N. The van der Waals surface area contributed by atoms with Gasteiger partial charge >= 0.3 is 0 Å². The predicted octanol–water partition coefficient (Wildman–Crippen LogP) is 2.28. The number of nitrogens with one attached hydrogen (secondary N) is 1. The average Bonchev–Trinajstić information content (AvgIpc) is 2.97. The van der Waals surface area contributed by atoms with Crippen molar-refractivity contribution in [2.75, 3.05) is 6.54 Å². The Hall–Kier alpha value is -0.870. The number of nitrogens with zero attached hydrogens (tertiary/aromatic N) is 1. The molecule has 1 aromatic rings. The van der Waals surface area contributed by atoms with Crippen LogP contribution in [0.15, 0.2) is 17.5 Å². The Morgan fingerprint density at radius 1 is 1.69 bits per heavy atom. The van der Waals surface area contributed by atoms with E-state index in [4.69, 9.17) is 11.1 Å². The predicted molar refractivity (Wildman–Crippen MR) is 68.8 cm³/mol. The van der Waals surface area contributed by atoms with E-state index < -0.39 is 0 Å². The summed E-state index contributed by atoms with van der Waals surface area (Å²) in [6.07, 6.45) is 2.60. The molecule has 0 aromatic carbocycles. The van der Waals surface area contributed by atoms with Crippen LogP contribution in [0.1, 0.15) is 24.6 Å². The van der Waals surface area contributed by atoms with Crippen molar-refractivity contribution in [1.82, 2.24) is 4.90 Å². The van der Waals surface area contributed by atoms with Gasteiger partial charge in [0.1, 0.15) is 0 Å². The Morgan fingerprint density at radius 3 is 2.94 bits per heavy atom. The van der Waals surface area contributed by atoms with Crippen LogP contribution in [0, 0.1) is 11.3 Å². The lowest BCUT2D eigenvalue weighted by molar-refractivity contribution is 0.241. The monoisotopic (exact) mass is 237 g/mol. The molecule has 1 aromatic heterocycles.